The van der Waals surface area contributed by atoms with Crippen LogP contribution in [0.4, 0.5) is 0 Å². The molecule has 2 saturated carbocycles. The molecule has 3 aromatic carbocycles. The van der Waals surface area contributed by atoms with Gasteiger partial charge in [0.05, 0.1) is 0 Å². The van der Waals surface area contributed by atoms with E-state index >= 15 is 0 Å². The maximum absolute atomic E-state index is 11.2. The fraction of sp³-hybridized carbons (Fsp3) is 0.582. The lowest BCUT2D eigenvalue weighted by Gasteiger charge is -2.28. The lowest BCUT2D eigenvalue weighted by atomic mass is 9.78. The monoisotopic (exact) mass is 1010 g/mol. The second kappa shape index (κ2) is 38.2. The van der Waals surface area contributed by atoms with E-state index in [4.69, 9.17) is 23.2 Å². The number of pyridine rings is 1. The highest BCUT2D eigenvalue weighted by atomic mass is 35.5. The van der Waals surface area contributed by atoms with E-state index in [0.717, 1.165) is 88.9 Å². The fourth-order valence-corrected chi connectivity index (χ4v) is 8.81. The van der Waals surface area contributed by atoms with Crippen molar-refractivity contribution in [2.45, 2.75) is 201 Å². The second-order valence-corrected chi connectivity index (χ2v) is 24.1. The zero-order valence-corrected chi connectivity index (χ0v) is 49.6. The van der Waals surface area contributed by atoms with Crippen LogP contribution in [0.25, 0.3) is 0 Å². The summed E-state index contributed by atoms with van der Waals surface area (Å²) in [6, 6.07) is 29.2. The van der Waals surface area contributed by atoms with E-state index in [0.29, 0.717) is 30.0 Å². The van der Waals surface area contributed by atoms with Crippen molar-refractivity contribution in [1.29, 1.82) is 0 Å². The Bertz CT molecular complexity index is 1960. The molecule has 0 atom stereocenters. The van der Waals surface area contributed by atoms with Gasteiger partial charge in [-0.15, -0.1) is 0 Å². The van der Waals surface area contributed by atoms with E-state index < -0.39 is 0 Å². The van der Waals surface area contributed by atoms with Gasteiger partial charge in [0, 0.05) is 28.4 Å². The molecule has 4 heteroatoms. The number of carbonyl (C=O) groups is 1. The Labute approximate surface area is 448 Å². The zero-order valence-electron chi connectivity index (χ0n) is 48.1. The van der Waals surface area contributed by atoms with Crippen molar-refractivity contribution in [3.63, 3.8) is 0 Å². The Morgan fingerprint density at radius 3 is 1.31 bits per heavy atom. The number of hydrogen-bond donors (Lipinski definition) is 0. The van der Waals surface area contributed by atoms with Crippen LogP contribution in [0.5, 0.6) is 0 Å². The lowest BCUT2D eigenvalue weighted by molar-refractivity contribution is -0.115. The Balaban J connectivity index is 0.000000416. The van der Waals surface area contributed by atoms with Gasteiger partial charge in [-0.05, 0) is 157 Å². The van der Waals surface area contributed by atoms with Gasteiger partial charge in [0.1, 0.15) is 0 Å². The molecule has 0 N–H and O–H groups in total. The number of nitrogens with zero attached hydrogens (tertiary/aromatic N) is 1. The lowest BCUT2D eigenvalue weighted by Crippen LogP contribution is -2.16. The van der Waals surface area contributed by atoms with Crippen LogP contribution in [0.1, 0.15) is 195 Å². The molecule has 396 valence electrons. The van der Waals surface area contributed by atoms with Crippen LogP contribution in [0.2, 0.25) is 10.0 Å². The minimum absolute atomic E-state index is 0.293. The van der Waals surface area contributed by atoms with Crippen molar-refractivity contribution < 1.29 is 4.79 Å². The molecule has 0 saturated heterocycles. The minimum Gasteiger partial charge on any atom is -0.294 e. The molecule has 0 unspecified atom stereocenters. The van der Waals surface area contributed by atoms with Crippen LogP contribution < -0.4 is 0 Å². The Kier molecular flexibility index (Phi) is 35.2. The van der Waals surface area contributed by atoms with Crippen LogP contribution in [0.3, 0.4) is 0 Å². The molecular weight excluding hydrogens is 906 g/mol. The van der Waals surface area contributed by atoms with Crippen molar-refractivity contribution in [2.24, 2.45) is 53.3 Å². The molecule has 1 heterocycles. The summed E-state index contributed by atoms with van der Waals surface area (Å²) in [5, 5.41) is 1.78. The second-order valence-electron chi connectivity index (χ2n) is 23.3. The summed E-state index contributed by atoms with van der Waals surface area (Å²) in [5.41, 5.74) is 8.82. The molecule has 4 aromatic rings. The third kappa shape index (κ3) is 33.1. The number of benzene rings is 3. The first-order valence-electron chi connectivity index (χ1n) is 27.9. The van der Waals surface area contributed by atoms with Crippen molar-refractivity contribution >= 4 is 29.0 Å². The highest BCUT2D eigenvalue weighted by molar-refractivity contribution is 6.31. The van der Waals surface area contributed by atoms with E-state index in [1.54, 1.807) is 0 Å². The molecular formula is C67H103Cl2NO. The summed E-state index contributed by atoms with van der Waals surface area (Å²) in [6.07, 6.45) is 25.4. The summed E-state index contributed by atoms with van der Waals surface area (Å²) in [4.78, 5) is 15.4. The van der Waals surface area contributed by atoms with Crippen LogP contribution in [-0.4, -0.2) is 10.8 Å². The average molecular weight is 1010 g/mol. The van der Waals surface area contributed by atoms with Gasteiger partial charge >= 0.3 is 0 Å². The largest absolute Gasteiger partial charge is 0.294 e. The predicted molar refractivity (Wildman–Crippen MR) is 317 cm³/mol. The van der Waals surface area contributed by atoms with E-state index in [1.165, 1.54) is 79.2 Å². The van der Waals surface area contributed by atoms with Gasteiger partial charge < -0.3 is 0 Å². The van der Waals surface area contributed by atoms with Crippen LogP contribution >= 0.6 is 23.2 Å². The van der Waals surface area contributed by atoms with E-state index in [-0.39, 0.29) is 0 Å². The number of halogens is 2. The van der Waals surface area contributed by atoms with Crippen LogP contribution in [0, 0.1) is 60.2 Å². The summed E-state index contributed by atoms with van der Waals surface area (Å²) in [6.45, 7) is 35.5. The molecule has 7 rings (SSSR count). The number of carbonyl (C=O) groups excluding carboxylic acids is 1. The number of Topliss-reactive ketones (excluding diaryl/α,β-unsaturated/α-hetero) is 1. The molecule has 0 spiro atoms. The number of aryl methyl sites for hydroxylation is 2. The third-order valence-electron chi connectivity index (χ3n) is 12.7. The van der Waals surface area contributed by atoms with E-state index in [2.05, 4.69) is 157 Å². The maximum atomic E-state index is 11.2. The van der Waals surface area contributed by atoms with Gasteiger partial charge in [-0.3, -0.25) is 9.78 Å². The smallest absolute Gasteiger partial charge is 0.162 e. The number of rotatable bonds is 14. The van der Waals surface area contributed by atoms with Crippen LogP contribution in [-0.2, 0) is 36.9 Å². The first-order chi connectivity index (χ1) is 33.6. The maximum Gasteiger partial charge on any atom is 0.162 e. The minimum atomic E-state index is 0.293. The highest BCUT2D eigenvalue weighted by Crippen LogP contribution is 2.33. The zero-order chi connectivity index (χ0) is 53.3. The molecule has 0 radical (unpaired) electrons. The topological polar surface area (TPSA) is 30.0 Å². The molecule has 3 aliphatic carbocycles. The van der Waals surface area contributed by atoms with E-state index in [9.17, 15) is 4.79 Å². The summed E-state index contributed by atoms with van der Waals surface area (Å²) >= 11 is 11.9. The molecule has 0 amide bonds. The first-order valence-corrected chi connectivity index (χ1v) is 28.7. The van der Waals surface area contributed by atoms with E-state index in [1.807, 2.05) is 67.7 Å². The molecule has 1 aromatic heterocycles. The van der Waals surface area contributed by atoms with Crippen molar-refractivity contribution in [3.05, 3.63) is 158 Å². The molecule has 0 aliphatic heterocycles. The summed E-state index contributed by atoms with van der Waals surface area (Å²) in [7, 11) is 0. The fourth-order valence-electron chi connectivity index (χ4n) is 8.39. The Morgan fingerprint density at radius 1 is 0.535 bits per heavy atom. The van der Waals surface area contributed by atoms with Crippen molar-refractivity contribution in [3.8, 4) is 0 Å². The normalized spacial score (nSPS) is 14.0. The summed E-state index contributed by atoms with van der Waals surface area (Å²) < 4.78 is 0. The molecule has 2 nitrogen and oxygen atoms in total. The van der Waals surface area contributed by atoms with Gasteiger partial charge in [0.15, 0.2) is 5.78 Å². The SMILES string of the molecule is CC(C)C1CCC1.CC(C)CC1=CC=CCC1=O.CC(C)CC1CCC1.CC(C)Cc1ccccc1Cl.CC(C)Cc1ccccc1Cl.CCc1ccc(CC(C)C)cc1.Cc1ccc(CC(C)C)cn1. The molecule has 0 bridgehead atoms. The Morgan fingerprint density at radius 2 is 0.986 bits per heavy atom. The summed E-state index contributed by atoms with van der Waals surface area (Å²) in [5.74, 6) is 7.78. The third-order valence-corrected chi connectivity index (χ3v) is 13.4. The Hall–Kier alpha value is -3.46. The van der Waals surface area contributed by atoms with Gasteiger partial charge in [0.2, 0.25) is 0 Å². The van der Waals surface area contributed by atoms with Crippen LogP contribution in [0.15, 0.2) is 115 Å². The number of aromatic nitrogens is 1. The van der Waals surface area contributed by atoms with Gasteiger partial charge in [0.25, 0.3) is 0 Å². The highest BCUT2D eigenvalue weighted by Gasteiger charge is 2.20. The number of ketones is 1. The van der Waals surface area contributed by atoms with Gasteiger partial charge in [-0.1, -0.05) is 251 Å². The van der Waals surface area contributed by atoms with Gasteiger partial charge in [-0.2, -0.15) is 0 Å². The van der Waals surface area contributed by atoms with Gasteiger partial charge in [-0.25, -0.2) is 0 Å². The van der Waals surface area contributed by atoms with Crippen molar-refractivity contribution in [2.75, 3.05) is 0 Å². The number of hydrogen-bond acceptors (Lipinski definition) is 2. The first kappa shape index (κ1) is 65.6. The van der Waals surface area contributed by atoms with Crippen molar-refractivity contribution in [1.82, 2.24) is 4.98 Å². The average Bonchev–Trinajstić information content (AvgIpc) is 3.26. The standard InChI is InChI=1S/C12H18.2C10H13Cl.C10H15N.C10H14O.C8H16.C7H14/c1-4-11-5-7-12(8-6-11)9-10(2)3;2*1-8(2)7-9-5-3-4-6-10(9)11;1-8(2)6-10-5-4-9(3)11-7-10;1-8(2)7-9-5-3-4-6-10(9)11;1-7(2)6-8-4-3-5-8;1-6(2)7-4-3-5-7/h5-8,10H,4,9H2,1-3H3;2*3-6,8H,7H2,1-2H3;4-5,7-8H,6H2,1-3H3;3-5,8H,6-7H2,1-2H3;7-8H,3-6H2,1-2H3;6-7H,3-5H2,1-2H3. The molecule has 3 aliphatic rings. The molecule has 71 heavy (non-hydrogen) atoms. The number of allylic oxidation sites excluding steroid dienone is 4. The molecule has 2 fully saturated rings. The predicted octanol–water partition coefficient (Wildman–Crippen LogP) is 20.9. The quantitative estimate of drug-likeness (QED) is 0.126.